The normalized spacial score (nSPS) is 11.5. The summed E-state index contributed by atoms with van der Waals surface area (Å²) in [5.41, 5.74) is 1.51. The first-order valence-electron chi connectivity index (χ1n) is 6.26. The van der Waals surface area contributed by atoms with Crippen molar-refractivity contribution in [2.24, 2.45) is 0 Å². The number of ether oxygens (including phenoxy) is 1. The topological polar surface area (TPSA) is 55.4 Å². The number of benzene rings is 1. The number of hydrogen-bond acceptors (Lipinski definition) is 4. The Morgan fingerprint density at radius 2 is 2.25 bits per heavy atom. The second kappa shape index (κ2) is 8.43. The number of methoxy groups -OCH3 is 1. The number of hydrogen-bond donors (Lipinski definition) is 1. The maximum absolute atomic E-state index is 11.7. The smallest absolute Gasteiger partial charge is 0.337 e. The van der Waals surface area contributed by atoms with E-state index in [4.69, 9.17) is 0 Å². The monoisotopic (exact) mass is 293 g/mol. The lowest BCUT2D eigenvalue weighted by Gasteiger charge is -2.11. The van der Waals surface area contributed by atoms with Crippen LogP contribution in [0.3, 0.4) is 0 Å². The van der Waals surface area contributed by atoms with E-state index in [0.717, 1.165) is 5.56 Å². The molecule has 1 rings (SSSR count). The fourth-order valence-corrected chi connectivity index (χ4v) is 2.38. The quantitative estimate of drug-likeness (QED) is 0.619. The molecular formula is C15H19NO3S. The predicted molar refractivity (Wildman–Crippen MR) is 81.7 cm³/mol. The molecule has 1 N–H and O–H groups in total. The number of amides is 1. The van der Waals surface area contributed by atoms with Crippen LogP contribution in [0.4, 0.5) is 0 Å². The molecule has 0 saturated carbocycles. The van der Waals surface area contributed by atoms with E-state index in [1.807, 2.05) is 19.1 Å². The van der Waals surface area contributed by atoms with E-state index in [1.165, 1.54) is 18.9 Å². The first-order chi connectivity index (χ1) is 9.58. The zero-order valence-corrected chi connectivity index (χ0v) is 12.5. The lowest BCUT2D eigenvalue weighted by molar-refractivity contribution is -0.120. The van der Waals surface area contributed by atoms with Crippen molar-refractivity contribution >= 4 is 23.6 Å². The van der Waals surface area contributed by atoms with E-state index >= 15 is 0 Å². The maximum atomic E-state index is 11.7. The highest BCUT2D eigenvalue weighted by atomic mass is 32.2. The SMILES string of the molecule is C=CCNC(=O)C(C)SCc1cccc(C(=O)OC)c1. The third-order valence-electron chi connectivity index (χ3n) is 2.64. The number of carbonyl (C=O) groups excluding carboxylic acids is 2. The van der Waals surface area contributed by atoms with Gasteiger partial charge in [0.1, 0.15) is 0 Å². The Balaban J connectivity index is 2.55. The second-order valence-corrected chi connectivity index (χ2v) is 5.51. The van der Waals surface area contributed by atoms with E-state index in [1.54, 1.807) is 18.2 Å². The molecule has 0 spiro atoms. The van der Waals surface area contributed by atoms with Gasteiger partial charge in [-0.25, -0.2) is 4.79 Å². The molecular weight excluding hydrogens is 274 g/mol. The van der Waals surface area contributed by atoms with Crippen LogP contribution in [0, 0.1) is 0 Å². The Kier molecular flexibility index (Phi) is 6.87. The summed E-state index contributed by atoms with van der Waals surface area (Å²) in [4.78, 5) is 23.1. The van der Waals surface area contributed by atoms with Gasteiger partial charge in [0.2, 0.25) is 5.91 Å². The van der Waals surface area contributed by atoms with E-state index in [2.05, 4.69) is 16.6 Å². The van der Waals surface area contributed by atoms with Gasteiger partial charge in [-0.2, -0.15) is 0 Å². The van der Waals surface area contributed by atoms with Gasteiger partial charge in [0.15, 0.2) is 0 Å². The molecule has 1 amide bonds. The molecule has 0 aliphatic carbocycles. The minimum absolute atomic E-state index is 0.0148. The van der Waals surface area contributed by atoms with Crippen molar-refractivity contribution in [3.8, 4) is 0 Å². The summed E-state index contributed by atoms with van der Waals surface area (Å²) in [6.45, 7) is 5.88. The molecule has 0 bridgehead atoms. The summed E-state index contributed by atoms with van der Waals surface area (Å²) in [5, 5.41) is 2.60. The summed E-state index contributed by atoms with van der Waals surface area (Å²) >= 11 is 1.52. The Morgan fingerprint density at radius 3 is 2.90 bits per heavy atom. The van der Waals surface area contributed by atoms with Crippen molar-refractivity contribution in [3.63, 3.8) is 0 Å². The Bertz CT molecular complexity index is 488. The third kappa shape index (κ3) is 5.09. The van der Waals surface area contributed by atoms with Crippen LogP contribution in [-0.2, 0) is 15.3 Å². The Hall–Kier alpha value is -1.75. The van der Waals surface area contributed by atoms with Crippen molar-refractivity contribution in [2.75, 3.05) is 13.7 Å². The summed E-state index contributed by atoms with van der Waals surface area (Å²) < 4.78 is 4.68. The van der Waals surface area contributed by atoms with Crippen molar-refractivity contribution in [3.05, 3.63) is 48.0 Å². The molecule has 1 unspecified atom stereocenters. The van der Waals surface area contributed by atoms with Gasteiger partial charge < -0.3 is 10.1 Å². The molecule has 0 aliphatic rings. The van der Waals surface area contributed by atoms with Crippen LogP contribution in [0.25, 0.3) is 0 Å². The van der Waals surface area contributed by atoms with Crippen molar-refractivity contribution in [1.82, 2.24) is 5.32 Å². The van der Waals surface area contributed by atoms with E-state index in [0.29, 0.717) is 17.9 Å². The number of thioether (sulfide) groups is 1. The van der Waals surface area contributed by atoms with Crippen LogP contribution in [0.5, 0.6) is 0 Å². The van der Waals surface area contributed by atoms with E-state index in [9.17, 15) is 9.59 Å². The highest BCUT2D eigenvalue weighted by Gasteiger charge is 2.13. The summed E-state index contributed by atoms with van der Waals surface area (Å²) in [7, 11) is 1.36. The van der Waals surface area contributed by atoms with Crippen LogP contribution in [0.2, 0.25) is 0 Å². The first kappa shape index (κ1) is 16.3. The number of carbonyl (C=O) groups is 2. The van der Waals surface area contributed by atoms with Gasteiger partial charge >= 0.3 is 5.97 Å². The molecule has 0 aromatic heterocycles. The fourth-order valence-electron chi connectivity index (χ4n) is 1.52. The van der Waals surface area contributed by atoms with Crippen LogP contribution in [0.15, 0.2) is 36.9 Å². The van der Waals surface area contributed by atoms with Gasteiger partial charge in [-0.15, -0.1) is 18.3 Å². The molecule has 0 aliphatic heterocycles. The number of rotatable bonds is 7. The molecule has 1 aromatic carbocycles. The molecule has 0 saturated heterocycles. The second-order valence-electron chi connectivity index (χ2n) is 4.18. The lowest BCUT2D eigenvalue weighted by atomic mass is 10.1. The van der Waals surface area contributed by atoms with Gasteiger partial charge in [0.25, 0.3) is 0 Å². The van der Waals surface area contributed by atoms with Gasteiger partial charge in [-0.3, -0.25) is 4.79 Å². The van der Waals surface area contributed by atoms with Gasteiger partial charge in [0, 0.05) is 12.3 Å². The average Bonchev–Trinajstić information content (AvgIpc) is 2.49. The zero-order valence-electron chi connectivity index (χ0n) is 11.7. The zero-order chi connectivity index (χ0) is 15.0. The molecule has 20 heavy (non-hydrogen) atoms. The van der Waals surface area contributed by atoms with E-state index in [-0.39, 0.29) is 17.1 Å². The van der Waals surface area contributed by atoms with Gasteiger partial charge in [-0.05, 0) is 24.6 Å². The summed E-state index contributed by atoms with van der Waals surface area (Å²) in [5.74, 6) is 0.292. The minimum atomic E-state index is -0.353. The lowest BCUT2D eigenvalue weighted by Crippen LogP contribution is -2.30. The van der Waals surface area contributed by atoms with Crippen molar-refractivity contribution in [1.29, 1.82) is 0 Å². The van der Waals surface area contributed by atoms with Gasteiger partial charge in [0.05, 0.1) is 17.9 Å². The summed E-state index contributed by atoms with van der Waals surface area (Å²) in [6.07, 6.45) is 1.65. The Labute approximate surface area is 123 Å². The molecule has 1 aromatic rings. The Morgan fingerprint density at radius 1 is 1.50 bits per heavy atom. The van der Waals surface area contributed by atoms with E-state index < -0.39 is 0 Å². The molecule has 108 valence electrons. The molecule has 1 atom stereocenters. The average molecular weight is 293 g/mol. The number of nitrogens with one attached hydrogen (secondary N) is 1. The van der Waals surface area contributed by atoms with Gasteiger partial charge in [-0.1, -0.05) is 18.2 Å². The molecule has 0 heterocycles. The minimum Gasteiger partial charge on any atom is -0.465 e. The van der Waals surface area contributed by atoms with Crippen LogP contribution >= 0.6 is 11.8 Å². The maximum Gasteiger partial charge on any atom is 0.337 e. The van der Waals surface area contributed by atoms with Crippen LogP contribution in [0.1, 0.15) is 22.8 Å². The molecule has 4 nitrogen and oxygen atoms in total. The standard InChI is InChI=1S/C15H19NO3S/c1-4-8-16-14(17)11(2)20-10-12-6-5-7-13(9-12)15(18)19-3/h4-7,9,11H,1,8,10H2,2-3H3,(H,16,17). The highest BCUT2D eigenvalue weighted by molar-refractivity contribution is 7.99. The molecule has 0 fully saturated rings. The van der Waals surface area contributed by atoms with Crippen molar-refractivity contribution in [2.45, 2.75) is 17.9 Å². The predicted octanol–water partition coefficient (Wildman–Crippen LogP) is 2.40. The molecule has 0 radical (unpaired) electrons. The largest absolute Gasteiger partial charge is 0.465 e. The van der Waals surface area contributed by atoms with Crippen molar-refractivity contribution < 1.29 is 14.3 Å². The third-order valence-corrected chi connectivity index (χ3v) is 3.85. The fraction of sp³-hybridized carbons (Fsp3) is 0.333. The molecule has 5 heteroatoms. The summed E-state index contributed by atoms with van der Waals surface area (Å²) in [6, 6.07) is 7.23. The first-order valence-corrected chi connectivity index (χ1v) is 7.30. The number of esters is 1. The van der Waals surface area contributed by atoms with Crippen LogP contribution < -0.4 is 5.32 Å². The highest BCUT2D eigenvalue weighted by Crippen LogP contribution is 2.19. The van der Waals surface area contributed by atoms with Crippen LogP contribution in [-0.4, -0.2) is 30.8 Å².